The second kappa shape index (κ2) is 6.78. The number of piperazine rings is 1. The van der Waals surface area contributed by atoms with E-state index in [1.54, 1.807) is 0 Å². The molecule has 1 aromatic rings. The van der Waals surface area contributed by atoms with Crippen molar-refractivity contribution in [2.24, 2.45) is 0 Å². The minimum atomic E-state index is 1.13. The maximum atomic E-state index is 3.67. The standard InChI is InChI=1S/C13H19BrN2S/c1-17-13-4-2-3-12(14)11(13)5-8-16-9-6-15-7-10-16/h2-4,15H,5-10H2,1H3. The molecule has 0 atom stereocenters. The van der Waals surface area contributed by atoms with E-state index in [1.165, 1.54) is 28.0 Å². The van der Waals surface area contributed by atoms with Crippen molar-refractivity contribution in [1.29, 1.82) is 0 Å². The van der Waals surface area contributed by atoms with E-state index in [0.717, 1.165) is 26.1 Å². The van der Waals surface area contributed by atoms with E-state index in [-0.39, 0.29) is 0 Å². The van der Waals surface area contributed by atoms with Gasteiger partial charge in [-0.3, -0.25) is 0 Å². The van der Waals surface area contributed by atoms with Crippen molar-refractivity contribution in [2.75, 3.05) is 39.0 Å². The fraction of sp³-hybridized carbons (Fsp3) is 0.538. The maximum absolute atomic E-state index is 3.67. The predicted molar refractivity (Wildman–Crippen MR) is 78.9 cm³/mol. The summed E-state index contributed by atoms with van der Waals surface area (Å²) in [6.45, 7) is 5.78. The monoisotopic (exact) mass is 314 g/mol. The van der Waals surface area contributed by atoms with Crippen LogP contribution in [0.1, 0.15) is 5.56 Å². The van der Waals surface area contributed by atoms with Gasteiger partial charge < -0.3 is 10.2 Å². The summed E-state index contributed by atoms with van der Waals surface area (Å²) in [7, 11) is 0. The molecule has 0 spiro atoms. The minimum absolute atomic E-state index is 1.13. The van der Waals surface area contributed by atoms with Crippen molar-refractivity contribution in [3.8, 4) is 0 Å². The normalized spacial score (nSPS) is 17.3. The van der Waals surface area contributed by atoms with Gasteiger partial charge in [-0.05, 0) is 30.4 Å². The summed E-state index contributed by atoms with van der Waals surface area (Å²) in [5, 5.41) is 3.39. The fourth-order valence-corrected chi connectivity index (χ4v) is 3.55. The van der Waals surface area contributed by atoms with Gasteiger partial charge in [-0.15, -0.1) is 11.8 Å². The van der Waals surface area contributed by atoms with Gasteiger partial charge in [0, 0.05) is 42.1 Å². The first-order chi connectivity index (χ1) is 8.31. The molecule has 1 aliphatic heterocycles. The number of benzene rings is 1. The number of halogens is 1. The zero-order valence-corrected chi connectivity index (χ0v) is 12.6. The first-order valence-electron chi connectivity index (χ1n) is 6.05. The number of hydrogen-bond donors (Lipinski definition) is 1. The van der Waals surface area contributed by atoms with Crippen molar-refractivity contribution < 1.29 is 0 Å². The van der Waals surface area contributed by atoms with E-state index in [2.05, 4.69) is 50.6 Å². The molecule has 4 heteroatoms. The molecular formula is C13H19BrN2S. The number of nitrogens with one attached hydrogen (secondary N) is 1. The lowest BCUT2D eigenvalue weighted by atomic mass is 10.1. The van der Waals surface area contributed by atoms with Crippen molar-refractivity contribution >= 4 is 27.7 Å². The average Bonchev–Trinajstić information content (AvgIpc) is 2.38. The van der Waals surface area contributed by atoms with Gasteiger partial charge in [0.05, 0.1) is 0 Å². The van der Waals surface area contributed by atoms with Crippen LogP contribution in [0, 0.1) is 0 Å². The Balaban J connectivity index is 1.97. The Bertz CT molecular complexity index is 364. The van der Waals surface area contributed by atoms with Crippen LogP contribution in [0.15, 0.2) is 27.6 Å². The third kappa shape index (κ3) is 3.71. The van der Waals surface area contributed by atoms with E-state index in [0.29, 0.717) is 0 Å². The van der Waals surface area contributed by atoms with E-state index in [9.17, 15) is 0 Å². The second-order valence-corrected chi connectivity index (χ2v) is 5.96. The molecule has 2 nitrogen and oxygen atoms in total. The summed E-state index contributed by atoms with van der Waals surface area (Å²) in [5.74, 6) is 0. The second-order valence-electron chi connectivity index (χ2n) is 4.26. The molecule has 0 aromatic heterocycles. The van der Waals surface area contributed by atoms with Crippen LogP contribution in [0.5, 0.6) is 0 Å². The Morgan fingerprint density at radius 1 is 1.35 bits per heavy atom. The molecule has 0 radical (unpaired) electrons. The molecule has 0 aliphatic carbocycles. The third-order valence-corrected chi connectivity index (χ3v) is 4.75. The molecule has 1 fully saturated rings. The van der Waals surface area contributed by atoms with Crippen LogP contribution in [-0.4, -0.2) is 43.9 Å². The molecule has 1 N–H and O–H groups in total. The van der Waals surface area contributed by atoms with Gasteiger partial charge in [-0.1, -0.05) is 22.0 Å². The zero-order valence-electron chi connectivity index (χ0n) is 10.2. The fourth-order valence-electron chi connectivity index (χ4n) is 2.18. The highest BCUT2D eigenvalue weighted by atomic mass is 79.9. The van der Waals surface area contributed by atoms with Crippen molar-refractivity contribution in [1.82, 2.24) is 10.2 Å². The van der Waals surface area contributed by atoms with Crippen LogP contribution < -0.4 is 5.32 Å². The molecule has 1 heterocycles. The van der Waals surface area contributed by atoms with Crippen molar-refractivity contribution in [3.05, 3.63) is 28.2 Å². The summed E-state index contributed by atoms with van der Waals surface area (Å²) in [6.07, 6.45) is 3.29. The van der Waals surface area contributed by atoms with Crippen LogP contribution in [0.25, 0.3) is 0 Å². The zero-order chi connectivity index (χ0) is 12.1. The quantitative estimate of drug-likeness (QED) is 0.860. The summed E-state index contributed by atoms with van der Waals surface area (Å²) in [6, 6.07) is 6.47. The lowest BCUT2D eigenvalue weighted by Crippen LogP contribution is -2.44. The highest BCUT2D eigenvalue weighted by molar-refractivity contribution is 9.10. The highest BCUT2D eigenvalue weighted by Crippen LogP contribution is 2.27. The largest absolute Gasteiger partial charge is 0.314 e. The maximum Gasteiger partial charge on any atom is 0.0218 e. The molecular weight excluding hydrogens is 296 g/mol. The van der Waals surface area contributed by atoms with Gasteiger partial charge in [0.15, 0.2) is 0 Å². The van der Waals surface area contributed by atoms with Crippen molar-refractivity contribution in [3.63, 3.8) is 0 Å². The first kappa shape index (κ1) is 13.4. The lowest BCUT2D eigenvalue weighted by Gasteiger charge is -2.27. The summed E-state index contributed by atoms with van der Waals surface area (Å²) in [4.78, 5) is 3.94. The Labute approximate surface area is 116 Å². The van der Waals surface area contributed by atoms with E-state index in [1.807, 2.05) is 11.8 Å². The number of hydrogen-bond acceptors (Lipinski definition) is 3. The van der Waals surface area contributed by atoms with Gasteiger partial charge in [0.25, 0.3) is 0 Å². The Morgan fingerprint density at radius 2 is 2.12 bits per heavy atom. The van der Waals surface area contributed by atoms with Crippen LogP contribution >= 0.6 is 27.7 Å². The smallest absolute Gasteiger partial charge is 0.0218 e. The molecule has 0 bridgehead atoms. The van der Waals surface area contributed by atoms with Crippen LogP contribution in [0.2, 0.25) is 0 Å². The van der Waals surface area contributed by atoms with Gasteiger partial charge in [0.1, 0.15) is 0 Å². The molecule has 0 unspecified atom stereocenters. The van der Waals surface area contributed by atoms with Crippen LogP contribution in [-0.2, 0) is 6.42 Å². The van der Waals surface area contributed by atoms with E-state index in [4.69, 9.17) is 0 Å². The summed E-state index contributed by atoms with van der Waals surface area (Å²) < 4.78 is 1.25. The van der Waals surface area contributed by atoms with Gasteiger partial charge in [-0.25, -0.2) is 0 Å². The van der Waals surface area contributed by atoms with Gasteiger partial charge >= 0.3 is 0 Å². The number of thioether (sulfide) groups is 1. The highest BCUT2D eigenvalue weighted by Gasteiger charge is 2.11. The lowest BCUT2D eigenvalue weighted by molar-refractivity contribution is 0.243. The Kier molecular flexibility index (Phi) is 5.35. The number of nitrogens with zero attached hydrogens (tertiary/aromatic N) is 1. The summed E-state index contributed by atoms with van der Waals surface area (Å²) >= 11 is 5.50. The first-order valence-corrected chi connectivity index (χ1v) is 8.07. The van der Waals surface area contributed by atoms with Crippen LogP contribution in [0.4, 0.5) is 0 Å². The molecule has 1 aliphatic rings. The number of rotatable bonds is 4. The SMILES string of the molecule is CSc1cccc(Br)c1CCN1CCNCC1. The third-order valence-electron chi connectivity index (χ3n) is 3.18. The molecule has 0 amide bonds. The van der Waals surface area contributed by atoms with E-state index < -0.39 is 0 Å². The van der Waals surface area contributed by atoms with Gasteiger partial charge in [0.2, 0.25) is 0 Å². The summed E-state index contributed by atoms with van der Waals surface area (Å²) in [5.41, 5.74) is 1.46. The van der Waals surface area contributed by atoms with Gasteiger partial charge in [-0.2, -0.15) is 0 Å². The average molecular weight is 315 g/mol. The molecule has 1 saturated heterocycles. The molecule has 17 heavy (non-hydrogen) atoms. The topological polar surface area (TPSA) is 15.3 Å². The van der Waals surface area contributed by atoms with Crippen LogP contribution in [0.3, 0.4) is 0 Å². The minimum Gasteiger partial charge on any atom is -0.314 e. The molecule has 94 valence electrons. The molecule has 1 aromatic carbocycles. The molecule has 2 rings (SSSR count). The Hall–Kier alpha value is -0.0300. The Morgan fingerprint density at radius 3 is 2.82 bits per heavy atom. The predicted octanol–water partition coefficient (Wildman–Crippen LogP) is 2.62. The van der Waals surface area contributed by atoms with E-state index >= 15 is 0 Å². The molecule has 0 saturated carbocycles. The van der Waals surface area contributed by atoms with Crippen molar-refractivity contribution in [2.45, 2.75) is 11.3 Å².